The van der Waals surface area contributed by atoms with Gasteiger partial charge in [-0.2, -0.15) is 0 Å². The van der Waals surface area contributed by atoms with Crippen LogP contribution in [0.3, 0.4) is 0 Å². The average molecular weight is 311 g/mol. The summed E-state index contributed by atoms with van der Waals surface area (Å²) in [5.74, 6) is 0.0685. The molecular formula is C16H23ClN2O2. The first-order valence-corrected chi connectivity index (χ1v) is 7.68. The largest absolute Gasteiger partial charge is 0.379 e. The molecule has 1 saturated heterocycles. The molecule has 0 atom stereocenters. The summed E-state index contributed by atoms with van der Waals surface area (Å²) < 4.78 is 5.28. The van der Waals surface area contributed by atoms with Gasteiger partial charge in [0.05, 0.1) is 19.8 Å². The molecule has 21 heavy (non-hydrogen) atoms. The summed E-state index contributed by atoms with van der Waals surface area (Å²) in [5.41, 5.74) is 1.05. The Labute approximate surface area is 131 Å². The van der Waals surface area contributed by atoms with Gasteiger partial charge in [0.15, 0.2) is 0 Å². The molecule has 0 bridgehead atoms. The third kappa shape index (κ3) is 4.99. The number of rotatable bonds is 5. The fourth-order valence-corrected chi connectivity index (χ4v) is 2.47. The Morgan fingerprint density at radius 3 is 2.52 bits per heavy atom. The zero-order valence-corrected chi connectivity index (χ0v) is 13.4. The molecule has 1 aromatic carbocycles. The molecule has 0 spiro atoms. The van der Waals surface area contributed by atoms with Crippen molar-refractivity contribution in [2.24, 2.45) is 0 Å². The molecule has 0 radical (unpaired) electrons. The Balaban J connectivity index is 1.82. The molecule has 1 amide bonds. The van der Waals surface area contributed by atoms with Gasteiger partial charge in [0.1, 0.15) is 0 Å². The summed E-state index contributed by atoms with van der Waals surface area (Å²) in [6.45, 7) is 8.36. The zero-order chi connectivity index (χ0) is 15.3. The number of nitrogens with zero attached hydrogens (tertiary/aromatic N) is 1. The predicted octanol–water partition coefficient (Wildman–Crippen LogP) is 2.07. The van der Waals surface area contributed by atoms with E-state index >= 15 is 0 Å². The van der Waals surface area contributed by atoms with E-state index in [9.17, 15) is 4.79 Å². The molecule has 0 aromatic heterocycles. The minimum atomic E-state index is -0.120. The lowest BCUT2D eigenvalue weighted by Crippen LogP contribution is -2.45. The van der Waals surface area contributed by atoms with Crippen molar-refractivity contribution in [2.75, 3.05) is 39.4 Å². The van der Waals surface area contributed by atoms with Crippen LogP contribution in [-0.4, -0.2) is 50.2 Å². The zero-order valence-electron chi connectivity index (χ0n) is 12.7. The number of amides is 1. The Bertz CT molecular complexity index is 468. The summed E-state index contributed by atoms with van der Waals surface area (Å²) in [6.07, 6.45) is 0. The van der Waals surface area contributed by atoms with Crippen LogP contribution in [-0.2, 0) is 14.9 Å². The number of carbonyl (C=O) groups excluding carboxylic acids is 1. The van der Waals surface area contributed by atoms with Crippen LogP contribution in [0.15, 0.2) is 24.3 Å². The third-order valence-electron chi connectivity index (χ3n) is 3.82. The molecule has 1 aromatic rings. The molecule has 5 heteroatoms. The lowest BCUT2D eigenvalue weighted by Gasteiger charge is -2.28. The van der Waals surface area contributed by atoms with Crippen molar-refractivity contribution in [1.82, 2.24) is 10.2 Å². The minimum absolute atomic E-state index is 0.0685. The number of ether oxygens (including phenoxy) is 1. The molecule has 1 N–H and O–H groups in total. The van der Waals surface area contributed by atoms with Crippen molar-refractivity contribution in [3.8, 4) is 0 Å². The summed E-state index contributed by atoms with van der Waals surface area (Å²) in [6, 6.07) is 7.79. The molecular weight excluding hydrogens is 288 g/mol. The number of halogens is 1. The maximum atomic E-state index is 12.0. The predicted molar refractivity (Wildman–Crippen MR) is 84.7 cm³/mol. The lowest BCUT2D eigenvalue weighted by atomic mass is 9.84. The topological polar surface area (TPSA) is 41.6 Å². The average Bonchev–Trinajstić information content (AvgIpc) is 2.47. The molecule has 0 aliphatic carbocycles. The van der Waals surface area contributed by atoms with E-state index in [1.54, 1.807) is 0 Å². The Hall–Kier alpha value is -1.10. The third-order valence-corrected chi connectivity index (χ3v) is 4.08. The highest BCUT2D eigenvalue weighted by molar-refractivity contribution is 6.30. The highest BCUT2D eigenvalue weighted by Gasteiger charge is 2.22. The van der Waals surface area contributed by atoms with Crippen LogP contribution in [0.5, 0.6) is 0 Å². The number of nitrogens with one attached hydrogen (secondary N) is 1. The first-order chi connectivity index (χ1) is 9.97. The molecule has 0 saturated carbocycles. The first kappa shape index (κ1) is 16.3. The van der Waals surface area contributed by atoms with E-state index in [0.29, 0.717) is 26.3 Å². The Kier molecular flexibility index (Phi) is 5.62. The maximum Gasteiger partial charge on any atom is 0.234 e. The molecule has 1 heterocycles. The highest BCUT2D eigenvalue weighted by Crippen LogP contribution is 2.23. The minimum Gasteiger partial charge on any atom is -0.379 e. The summed E-state index contributed by atoms with van der Waals surface area (Å²) >= 11 is 5.91. The summed E-state index contributed by atoms with van der Waals surface area (Å²) in [7, 11) is 0. The van der Waals surface area contributed by atoms with Crippen molar-refractivity contribution in [1.29, 1.82) is 0 Å². The van der Waals surface area contributed by atoms with E-state index in [2.05, 4.69) is 24.1 Å². The van der Waals surface area contributed by atoms with E-state index < -0.39 is 0 Å². The first-order valence-electron chi connectivity index (χ1n) is 7.30. The number of morpholine rings is 1. The van der Waals surface area contributed by atoms with Gasteiger partial charge in [-0.15, -0.1) is 0 Å². The van der Waals surface area contributed by atoms with Crippen LogP contribution in [0.1, 0.15) is 19.4 Å². The smallest absolute Gasteiger partial charge is 0.234 e. The second-order valence-electron chi connectivity index (χ2n) is 6.06. The van der Waals surface area contributed by atoms with Crippen LogP contribution in [0, 0.1) is 0 Å². The van der Waals surface area contributed by atoms with Gasteiger partial charge in [0.2, 0.25) is 5.91 Å². The lowest BCUT2D eigenvalue weighted by molar-refractivity contribution is -0.123. The van der Waals surface area contributed by atoms with Crippen LogP contribution in [0.2, 0.25) is 5.02 Å². The van der Waals surface area contributed by atoms with Gasteiger partial charge in [-0.05, 0) is 17.7 Å². The second-order valence-corrected chi connectivity index (χ2v) is 6.49. The van der Waals surface area contributed by atoms with E-state index in [1.165, 1.54) is 5.56 Å². The number of benzene rings is 1. The van der Waals surface area contributed by atoms with Gasteiger partial charge in [-0.25, -0.2) is 0 Å². The fourth-order valence-electron chi connectivity index (χ4n) is 2.34. The van der Waals surface area contributed by atoms with E-state index in [1.807, 2.05) is 24.3 Å². The van der Waals surface area contributed by atoms with E-state index in [4.69, 9.17) is 16.3 Å². The number of hydrogen-bond donors (Lipinski definition) is 1. The van der Waals surface area contributed by atoms with Gasteiger partial charge in [-0.1, -0.05) is 37.6 Å². The molecule has 2 rings (SSSR count). The molecule has 116 valence electrons. The van der Waals surface area contributed by atoms with Gasteiger partial charge in [0.25, 0.3) is 0 Å². The van der Waals surface area contributed by atoms with Gasteiger partial charge < -0.3 is 10.1 Å². The van der Waals surface area contributed by atoms with Gasteiger partial charge in [-0.3, -0.25) is 9.69 Å². The molecule has 4 nitrogen and oxygen atoms in total. The monoisotopic (exact) mass is 310 g/mol. The Morgan fingerprint density at radius 1 is 1.29 bits per heavy atom. The molecule has 1 aliphatic heterocycles. The van der Waals surface area contributed by atoms with Crippen molar-refractivity contribution < 1.29 is 9.53 Å². The van der Waals surface area contributed by atoms with Crippen molar-refractivity contribution in [3.63, 3.8) is 0 Å². The summed E-state index contributed by atoms with van der Waals surface area (Å²) in [4.78, 5) is 14.1. The molecule has 0 unspecified atom stereocenters. The summed E-state index contributed by atoms with van der Waals surface area (Å²) in [5, 5.41) is 3.76. The maximum absolute atomic E-state index is 12.0. The second kappa shape index (κ2) is 7.25. The molecule has 1 fully saturated rings. The highest BCUT2D eigenvalue weighted by atomic mass is 35.5. The van der Waals surface area contributed by atoms with Gasteiger partial charge >= 0.3 is 0 Å². The van der Waals surface area contributed by atoms with Crippen LogP contribution in [0.4, 0.5) is 0 Å². The normalized spacial score (nSPS) is 16.7. The SMILES string of the molecule is CC(C)(CNC(=O)CN1CCOCC1)c1ccc(Cl)cc1. The van der Waals surface area contributed by atoms with Gasteiger partial charge in [0, 0.05) is 30.1 Å². The molecule has 1 aliphatic rings. The van der Waals surface area contributed by atoms with Crippen molar-refractivity contribution in [2.45, 2.75) is 19.3 Å². The number of carbonyl (C=O) groups is 1. The standard InChI is InChI=1S/C16H23ClN2O2/c1-16(2,13-3-5-14(17)6-4-13)12-18-15(20)11-19-7-9-21-10-8-19/h3-6H,7-12H2,1-2H3,(H,18,20). The van der Waals surface area contributed by atoms with Crippen molar-refractivity contribution in [3.05, 3.63) is 34.9 Å². The Morgan fingerprint density at radius 2 is 1.90 bits per heavy atom. The fraction of sp³-hybridized carbons (Fsp3) is 0.562. The van der Waals surface area contributed by atoms with Crippen LogP contribution < -0.4 is 5.32 Å². The van der Waals surface area contributed by atoms with E-state index in [0.717, 1.165) is 18.1 Å². The number of hydrogen-bond acceptors (Lipinski definition) is 3. The van der Waals surface area contributed by atoms with Crippen LogP contribution >= 0.6 is 11.6 Å². The van der Waals surface area contributed by atoms with Crippen molar-refractivity contribution >= 4 is 17.5 Å². The van der Waals surface area contributed by atoms with E-state index in [-0.39, 0.29) is 11.3 Å². The van der Waals surface area contributed by atoms with Crippen LogP contribution in [0.25, 0.3) is 0 Å². The quantitative estimate of drug-likeness (QED) is 0.905.